The first kappa shape index (κ1) is 9.12. The molecular weight excluding hydrogens is 152 g/mol. The number of ether oxygens (including phenoxy) is 1. The van der Waals surface area contributed by atoms with Crippen LogP contribution in [0, 0.1) is 11.8 Å². The van der Waals surface area contributed by atoms with Crippen LogP contribution < -0.4 is 0 Å². The highest BCUT2D eigenvalue weighted by Gasteiger charge is 2.08. The van der Waals surface area contributed by atoms with Gasteiger partial charge in [0, 0.05) is 13.3 Å². The van der Waals surface area contributed by atoms with Crippen LogP contribution in [-0.4, -0.2) is 12.1 Å². The molecule has 66 valence electrons. The van der Waals surface area contributed by atoms with E-state index in [0.29, 0.717) is 0 Å². The van der Waals surface area contributed by atoms with Crippen LogP contribution in [0.1, 0.15) is 39.0 Å². The predicted octanol–water partition coefficient (Wildman–Crippen LogP) is 1.89. The molecule has 0 bridgehead atoms. The minimum atomic E-state index is -0.227. The fourth-order valence-corrected chi connectivity index (χ4v) is 1.27. The molecular formula is C10H14O2. The Morgan fingerprint density at radius 1 is 1.42 bits per heavy atom. The number of rotatable bonds is 1. The van der Waals surface area contributed by atoms with Crippen molar-refractivity contribution in [2.75, 3.05) is 0 Å². The Kier molecular flexibility index (Phi) is 3.66. The third kappa shape index (κ3) is 3.43. The Balaban J connectivity index is 2.43. The molecule has 0 radical (unpaired) electrons. The second-order valence-corrected chi connectivity index (χ2v) is 3.02. The Morgan fingerprint density at radius 2 is 2.25 bits per heavy atom. The van der Waals surface area contributed by atoms with E-state index in [1.807, 2.05) is 0 Å². The molecule has 0 N–H and O–H groups in total. The minimum absolute atomic E-state index is 0.150. The third-order valence-electron chi connectivity index (χ3n) is 1.84. The molecule has 0 saturated heterocycles. The largest absolute Gasteiger partial charge is 0.449 e. The molecule has 1 unspecified atom stereocenters. The quantitative estimate of drug-likeness (QED) is 0.439. The number of carbonyl (C=O) groups excluding carboxylic acids is 1. The first-order valence-electron chi connectivity index (χ1n) is 4.44. The van der Waals surface area contributed by atoms with Gasteiger partial charge in [-0.15, -0.1) is 0 Å². The lowest BCUT2D eigenvalue weighted by Gasteiger charge is -2.11. The first-order valence-corrected chi connectivity index (χ1v) is 4.44. The molecule has 0 aromatic carbocycles. The summed E-state index contributed by atoms with van der Waals surface area (Å²) in [7, 11) is 0. The van der Waals surface area contributed by atoms with Crippen LogP contribution in [-0.2, 0) is 9.53 Å². The highest BCUT2D eigenvalue weighted by atomic mass is 16.5. The third-order valence-corrected chi connectivity index (χ3v) is 1.84. The zero-order valence-electron chi connectivity index (χ0n) is 7.43. The summed E-state index contributed by atoms with van der Waals surface area (Å²) < 4.78 is 5.01. The topological polar surface area (TPSA) is 26.3 Å². The molecule has 0 fully saturated rings. The summed E-state index contributed by atoms with van der Waals surface area (Å²) >= 11 is 0. The van der Waals surface area contributed by atoms with Gasteiger partial charge in [-0.05, 0) is 19.3 Å². The van der Waals surface area contributed by atoms with Crippen molar-refractivity contribution >= 4 is 5.97 Å². The fourth-order valence-electron chi connectivity index (χ4n) is 1.27. The van der Waals surface area contributed by atoms with Gasteiger partial charge in [0.25, 0.3) is 0 Å². The van der Waals surface area contributed by atoms with Crippen molar-refractivity contribution in [3.8, 4) is 11.8 Å². The van der Waals surface area contributed by atoms with E-state index in [9.17, 15) is 4.79 Å². The van der Waals surface area contributed by atoms with E-state index in [-0.39, 0.29) is 12.1 Å². The lowest BCUT2D eigenvalue weighted by molar-refractivity contribution is -0.144. The smallest absolute Gasteiger partial charge is 0.303 e. The lowest BCUT2D eigenvalue weighted by Crippen LogP contribution is -2.14. The van der Waals surface area contributed by atoms with Crippen molar-refractivity contribution in [1.29, 1.82) is 0 Å². The lowest BCUT2D eigenvalue weighted by atomic mass is 10.1. The molecule has 0 amide bonds. The molecule has 0 aromatic heterocycles. The zero-order valence-corrected chi connectivity index (χ0v) is 7.43. The van der Waals surface area contributed by atoms with Gasteiger partial charge in [-0.3, -0.25) is 4.79 Å². The fraction of sp³-hybridized carbons (Fsp3) is 0.700. The minimum Gasteiger partial charge on any atom is -0.449 e. The Bertz CT molecular complexity index is 210. The first-order chi connectivity index (χ1) is 5.79. The average Bonchev–Trinajstić information content (AvgIpc) is 1.93. The van der Waals surface area contributed by atoms with Crippen molar-refractivity contribution in [1.82, 2.24) is 0 Å². The van der Waals surface area contributed by atoms with Crippen LogP contribution in [0.4, 0.5) is 0 Å². The molecule has 1 atom stereocenters. The van der Waals surface area contributed by atoms with Crippen LogP contribution in [0.5, 0.6) is 0 Å². The van der Waals surface area contributed by atoms with Crippen LogP contribution in [0.3, 0.4) is 0 Å². The zero-order chi connectivity index (χ0) is 8.81. The van der Waals surface area contributed by atoms with E-state index in [1.165, 1.54) is 19.8 Å². The number of esters is 1. The molecule has 1 rings (SSSR count). The van der Waals surface area contributed by atoms with Crippen LogP contribution in [0.2, 0.25) is 0 Å². The molecule has 0 saturated carbocycles. The van der Waals surface area contributed by atoms with Crippen LogP contribution >= 0.6 is 0 Å². The van der Waals surface area contributed by atoms with E-state index < -0.39 is 0 Å². The van der Waals surface area contributed by atoms with E-state index in [2.05, 4.69) is 11.8 Å². The summed E-state index contributed by atoms with van der Waals surface area (Å²) in [4.78, 5) is 10.6. The maximum Gasteiger partial charge on any atom is 0.303 e. The molecule has 0 spiro atoms. The number of hydrogen-bond acceptors (Lipinski definition) is 2. The monoisotopic (exact) mass is 166 g/mol. The maximum absolute atomic E-state index is 10.6. The molecule has 0 aliphatic heterocycles. The van der Waals surface area contributed by atoms with Gasteiger partial charge in [0.05, 0.1) is 0 Å². The van der Waals surface area contributed by atoms with Gasteiger partial charge in [-0.25, -0.2) is 0 Å². The van der Waals surface area contributed by atoms with Gasteiger partial charge >= 0.3 is 5.97 Å². The van der Waals surface area contributed by atoms with Gasteiger partial charge in [-0.1, -0.05) is 18.3 Å². The summed E-state index contributed by atoms with van der Waals surface area (Å²) in [6.45, 7) is 1.43. The van der Waals surface area contributed by atoms with Gasteiger partial charge in [0.15, 0.2) is 6.10 Å². The van der Waals surface area contributed by atoms with Crippen molar-refractivity contribution < 1.29 is 9.53 Å². The van der Waals surface area contributed by atoms with Crippen LogP contribution in [0.15, 0.2) is 0 Å². The van der Waals surface area contributed by atoms with Gasteiger partial charge < -0.3 is 4.74 Å². The molecule has 0 heterocycles. The SMILES string of the molecule is CC(=O)OC1C#CCCCCC1. The molecule has 2 heteroatoms. The number of carbonyl (C=O) groups is 1. The standard InChI is InChI=1S/C10H14O2/c1-9(11)12-10-7-5-3-2-4-6-8-10/h10H,2-5,7H2,1H3. The van der Waals surface area contributed by atoms with E-state index in [4.69, 9.17) is 4.74 Å². The van der Waals surface area contributed by atoms with E-state index in [0.717, 1.165) is 19.3 Å². The average molecular weight is 166 g/mol. The van der Waals surface area contributed by atoms with Gasteiger partial charge in [0.2, 0.25) is 0 Å². The van der Waals surface area contributed by atoms with Crippen molar-refractivity contribution in [2.45, 2.75) is 45.1 Å². The van der Waals surface area contributed by atoms with E-state index in [1.54, 1.807) is 0 Å². The second kappa shape index (κ2) is 4.82. The van der Waals surface area contributed by atoms with Crippen LogP contribution in [0.25, 0.3) is 0 Å². The van der Waals surface area contributed by atoms with Gasteiger partial charge in [-0.2, -0.15) is 0 Å². The highest BCUT2D eigenvalue weighted by Crippen LogP contribution is 2.10. The summed E-state index contributed by atoms with van der Waals surface area (Å²) in [5.41, 5.74) is 0. The molecule has 0 aromatic rings. The summed E-state index contributed by atoms with van der Waals surface area (Å²) in [5.74, 6) is 5.75. The summed E-state index contributed by atoms with van der Waals surface area (Å²) in [5, 5.41) is 0. The number of hydrogen-bond donors (Lipinski definition) is 0. The maximum atomic E-state index is 10.6. The van der Waals surface area contributed by atoms with Crippen molar-refractivity contribution in [3.05, 3.63) is 0 Å². The normalized spacial score (nSPS) is 22.9. The predicted molar refractivity (Wildman–Crippen MR) is 46.4 cm³/mol. The summed E-state index contributed by atoms with van der Waals surface area (Å²) in [6, 6.07) is 0. The Labute approximate surface area is 73.3 Å². The molecule has 12 heavy (non-hydrogen) atoms. The molecule has 1 aliphatic carbocycles. The van der Waals surface area contributed by atoms with Crippen molar-refractivity contribution in [2.24, 2.45) is 0 Å². The van der Waals surface area contributed by atoms with Crippen molar-refractivity contribution in [3.63, 3.8) is 0 Å². The highest BCUT2D eigenvalue weighted by molar-refractivity contribution is 5.66. The summed E-state index contributed by atoms with van der Waals surface area (Å²) in [6.07, 6.45) is 5.19. The molecule has 2 nitrogen and oxygen atoms in total. The van der Waals surface area contributed by atoms with E-state index >= 15 is 0 Å². The Morgan fingerprint density at radius 3 is 3.00 bits per heavy atom. The second-order valence-electron chi connectivity index (χ2n) is 3.02. The Hall–Kier alpha value is -0.970. The van der Waals surface area contributed by atoms with Gasteiger partial charge in [0.1, 0.15) is 0 Å². The molecule has 1 aliphatic rings.